The zero-order valence-electron chi connectivity index (χ0n) is 16.4. The van der Waals surface area contributed by atoms with E-state index in [4.69, 9.17) is 0 Å². The van der Waals surface area contributed by atoms with Crippen LogP contribution in [-0.2, 0) is 11.4 Å². The maximum atomic E-state index is 13.2. The van der Waals surface area contributed by atoms with Crippen LogP contribution < -0.4 is 10.2 Å². The van der Waals surface area contributed by atoms with Crippen molar-refractivity contribution in [2.75, 3.05) is 36.4 Å². The van der Waals surface area contributed by atoms with Gasteiger partial charge >= 0.3 is 0 Å². The third-order valence-electron chi connectivity index (χ3n) is 5.15. The third kappa shape index (κ3) is 4.04. The van der Waals surface area contributed by atoms with E-state index >= 15 is 0 Å². The van der Waals surface area contributed by atoms with Gasteiger partial charge in [0.2, 0.25) is 6.41 Å². The van der Waals surface area contributed by atoms with E-state index in [0.29, 0.717) is 44.0 Å². The molecule has 2 amide bonds. The van der Waals surface area contributed by atoms with Gasteiger partial charge in [0.05, 0.1) is 18.0 Å². The van der Waals surface area contributed by atoms with Crippen LogP contribution in [0.25, 0.3) is 5.69 Å². The summed E-state index contributed by atoms with van der Waals surface area (Å²) in [6.07, 6.45) is 0.659. The normalized spacial score (nSPS) is 13.9. The molecule has 1 fully saturated rings. The quantitative estimate of drug-likeness (QED) is 0.612. The van der Waals surface area contributed by atoms with E-state index in [9.17, 15) is 14.7 Å². The second-order valence-corrected chi connectivity index (χ2v) is 7.02. The molecule has 0 atom stereocenters. The van der Waals surface area contributed by atoms with Crippen LogP contribution in [0.5, 0.6) is 0 Å². The summed E-state index contributed by atoms with van der Waals surface area (Å²) in [4.78, 5) is 27.9. The number of aliphatic hydroxyl groups excluding tert-OH is 1. The maximum Gasteiger partial charge on any atom is 0.272 e. The topological polar surface area (TPSA) is 90.7 Å². The van der Waals surface area contributed by atoms with Crippen molar-refractivity contribution in [2.24, 2.45) is 0 Å². The number of hydrogen-bond donors (Lipinski definition) is 2. The molecule has 1 saturated heterocycles. The number of aliphatic hydroxyl groups is 1. The number of nitrogens with zero attached hydrogens (tertiary/aromatic N) is 4. The van der Waals surface area contributed by atoms with Gasteiger partial charge in [0.1, 0.15) is 5.69 Å². The van der Waals surface area contributed by atoms with Gasteiger partial charge in [-0.25, -0.2) is 4.68 Å². The van der Waals surface area contributed by atoms with Crippen LogP contribution in [0.15, 0.2) is 60.7 Å². The summed E-state index contributed by atoms with van der Waals surface area (Å²) >= 11 is 0. The van der Waals surface area contributed by atoms with Crippen LogP contribution in [0, 0.1) is 0 Å². The third-order valence-corrected chi connectivity index (χ3v) is 5.15. The molecule has 0 unspecified atom stereocenters. The molecular formula is C22H23N5O3. The molecular weight excluding hydrogens is 382 g/mol. The van der Waals surface area contributed by atoms with E-state index in [0.717, 1.165) is 17.1 Å². The lowest BCUT2D eigenvalue weighted by molar-refractivity contribution is -0.105. The second-order valence-electron chi connectivity index (χ2n) is 7.02. The van der Waals surface area contributed by atoms with Crippen molar-refractivity contribution in [1.29, 1.82) is 0 Å². The van der Waals surface area contributed by atoms with Gasteiger partial charge in [-0.05, 0) is 36.4 Å². The largest absolute Gasteiger partial charge is 0.390 e. The van der Waals surface area contributed by atoms with Crippen LogP contribution in [0.2, 0.25) is 0 Å². The summed E-state index contributed by atoms with van der Waals surface area (Å²) in [7, 11) is 0. The van der Waals surface area contributed by atoms with Gasteiger partial charge in [-0.1, -0.05) is 24.3 Å². The Morgan fingerprint density at radius 1 is 1.00 bits per heavy atom. The van der Waals surface area contributed by atoms with Crippen LogP contribution in [-0.4, -0.2) is 58.3 Å². The van der Waals surface area contributed by atoms with Gasteiger partial charge in [-0.15, -0.1) is 0 Å². The second kappa shape index (κ2) is 8.79. The molecule has 3 aromatic rings. The number of carbonyl (C=O) groups excluding carboxylic acids is 2. The lowest BCUT2D eigenvalue weighted by Crippen LogP contribution is -2.49. The van der Waals surface area contributed by atoms with E-state index < -0.39 is 0 Å². The summed E-state index contributed by atoms with van der Waals surface area (Å²) < 4.78 is 1.59. The Kier molecular flexibility index (Phi) is 5.76. The van der Waals surface area contributed by atoms with Crippen molar-refractivity contribution in [3.05, 3.63) is 72.1 Å². The molecule has 8 nitrogen and oxygen atoms in total. The Morgan fingerprint density at radius 3 is 2.43 bits per heavy atom. The molecule has 30 heavy (non-hydrogen) atoms. The van der Waals surface area contributed by atoms with E-state index in [1.807, 2.05) is 59.5 Å². The smallest absolute Gasteiger partial charge is 0.272 e. The first-order valence-electron chi connectivity index (χ1n) is 9.79. The van der Waals surface area contributed by atoms with Gasteiger partial charge in [0, 0.05) is 37.6 Å². The number of carbonyl (C=O) groups is 2. The Balaban J connectivity index is 1.49. The molecule has 0 aliphatic carbocycles. The van der Waals surface area contributed by atoms with Crippen molar-refractivity contribution in [3.63, 3.8) is 0 Å². The predicted molar refractivity (Wildman–Crippen MR) is 114 cm³/mol. The molecule has 8 heteroatoms. The molecule has 4 rings (SSSR count). The summed E-state index contributed by atoms with van der Waals surface area (Å²) in [6.45, 7) is 2.28. The number of benzene rings is 2. The minimum Gasteiger partial charge on any atom is -0.390 e. The minimum atomic E-state index is -0.223. The minimum absolute atomic E-state index is 0.109. The lowest BCUT2D eigenvalue weighted by atomic mass is 10.2. The zero-order chi connectivity index (χ0) is 20.9. The Bertz CT molecular complexity index is 1030. The van der Waals surface area contributed by atoms with Gasteiger partial charge in [-0.3, -0.25) is 9.59 Å². The van der Waals surface area contributed by atoms with E-state index in [2.05, 4.69) is 15.3 Å². The molecule has 0 bridgehead atoms. The number of para-hydroxylation sites is 1. The summed E-state index contributed by atoms with van der Waals surface area (Å²) in [5.74, 6) is -0.109. The zero-order valence-corrected chi connectivity index (χ0v) is 16.4. The molecule has 154 valence electrons. The van der Waals surface area contributed by atoms with Crippen molar-refractivity contribution in [3.8, 4) is 5.69 Å². The van der Waals surface area contributed by atoms with Crippen LogP contribution in [0.1, 0.15) is 16.2 Å². The van der Waals surface area contributed by atoms with E-state index in [-0.39, 0.29) is 12.5 Å². The van der Waals surface area contributed by atoms with E-state index in [1.165, 1.54) is 0 Å². The molecule has 1 aliphatic heterocycles. The first-order valence-corrected chi connectivity index (χ1v) is 9.79. The molecule has 0 saturated carbocycles. The highest BCUT2D eigenvalue weighted by Crippen LogP contribution is 2.22. The monoisotopic (exact) mass is 405 g/mol. The van der Waals surface area contributed by atoms with Crippen LogP contribution >= 0.6 is 0 Å². The summed E-state index contributed by atoms with van der Waals surface area (Å²) in [5.41, 5.74) is 3.42. The number of aromatic nitrogens is 2. The van der Waals surface area contributed by atoms with Crippen LogP contribution in [0.4, 0.5) is 11.4 Å². The SMILES string of the molecule is O=CNc1cccc(N2CCN(C(=O)c3cc(CO)nn3-c3ccccc3)CC2)c1. The lowest BCUT2D eigenvalue weighted by Gasteiger charge is -2.36. The average Bonchev–Trinajstić information content (AvgIpc) is 3.24. The molecule has 1 aliphatic rings. The Labute approximate surface area is 174 Å². The van der Waals surface area contributed by atoms with Gasteiger partial charge < -0.3 is 20.2 Å². The number of hydrogen-bond acceptors (Lipinski definition) is 5. The highest BCUT2D eigenvalue weighted by atomic mass is 16.3. The number of anilines is 2. The standard InChI is InChI=1S/C22H23N5O3/c28-15-18-14-21(27(24-18)19-6-2-1-3-7-19)22(30)26-11-9-25(10-12-26)20-8-4-5-17(13-20)23-16-29/h1-8,13-14,16,28H,9-12,15H2,(H,23,29). The van der Waals surface area contributed by atoms with Gasteiger partial charge in [0.25, 0.3) is 5.91 Å². The number of piperazine rings is 1. The fraction of sp³-hybridized carbons (Fsp3) is 0.227. The molecule has 2 aromatic carbocycles. The van der Waals surface area contributed by atoms with Crippen LogP contribution in [0.3, 0.4) is 0 Å². The summed E-state index contributed by atoms with van der Waals surface area (Å²) in [5, 5.41) is 16.5. The number of rotatable bonds is 6. The van der Waals surface area contributed by atoms with Crippen molar-refractivity contribution in [1.82, 2.24) is 14.7 Å². The Morgan fingerprint density at radius 2 is 1.73 bits per heavy atom. The first kappa shape index (κ1) is 19.7. The predicted octanol–water partition coefficient (Wildman–Crippen LogP) is 1.90. The van der Waals surface area contributed by atoms with Crippen molar-refractivity contribution < 1.29 is 14.7 Å². The molecule has 0 spiro atoms. The number of amides is 2. The summed E-state index contributed by atoms with van der Waals surface area (Å²) in [6, 6.07) is 18.7. The maximum absolute atomic E-state index is 13.2. The van der Waals surface area contributed by atoms with Gasteiger partial charge in [-0.2, -0.15) is 5.10 Å². The van der Waals surface area contributed by atoms with Gasteiger partial charge in [0.15, 0.2) is 0 Å². The molecule has 0 radical (unpaired) electrons. The van der Waals surface area contributed by atoms with Crippen molar-refractivity contribution >= 4 is 23.7 Å². The average molecular weight is 405 g/mol. The fourth-order valence-corrected chi connectivity index (χ4v) is 3.62. The van der Waals surface area contributed by atoms with Crippen molar-refractivity contribution in [2.45, 2.75) is 6.61 Å². The molecule has 2 N–H and O–H groups in total. The highest BCUT2D eigenvalue weighted by Gasteiger charge is 2.26. The van der Waals surface area contributed by atoms with E-state index in [1.54, 1.807) is 10.7 Å². The molecule has 2 heterocycles. The molecule has 1 aromatic heterocycles. The first-order chi connectivity index (χ1) is 14.7. The fourth-order valence-electron chi connectivity index (χ4n) is 3.62. The highest BCUT2D eigenvalue weighted by molar-refractivity contribution is 5.93. The number of nitrogens with one attached hydrogen (secondary N) is 1. The Hall–Kier alpha value is -3.65.